The molecule has 1 fully saturated rings. The quantitative estimate of drug-likeness (QED) is 0.547. The molecule has 7 nitrogen and oxygen atoms in total. The maximum Gasteiger partial charge on any atom is 0.276 e. The summed E-state index contributed by atoms with van der Waals surface area (Å²) in [6.45, 7) is 2.55. The van der Waals surface area contributed by atoms with E-state index in [-0.39, 0.29) is 12.0 Å². The van der Waals surface area contributed by atoms with E-state index in [0.29, 0.717) is 18.8 Å². The first-order valence-electron chi connectivity index (χ1n) is 10.5. The molecule has 2 aromatic heterocycles. The van der Waals surface area contributed by atoms with E-state index in [1.807, 2.05) is 35.2 Å². The zero-order valence-electron chi connectivity index (χ0n) is 17.1. The van der Waals surface area contributed by atoms with Gasteiger partial charge in [0.05, 0.1) is 12.3 Å². The summed E-state index contributed by atoms with van der Waals surface area (Å²) in [6, 6.07) is 14.2. The fourth-order valence-corrected chi connectivity index (χ4v) is 3.72. The number of ether oxygens (including phenoxy) is 1. The molecule has 1 aliphatic heterocycles. The maximum absolute atomic E-state index is 13.2. The van der Waals surface area contributed by atoms with Crippen LogP contribution < -0.4 is 0 Å². The van der Waals surface area contributed by atoms with Crippen molar-refractivity contribution in [1.29, 1.82) is 0 Å². The van der Waals surface area contributed by atoms with Crippen LogP contribution in [0, 0.1) is 0 Å². The minimum absolute atomic E-state index is 0.0803. The third kappa shape index (κ3) is 5.51. The van der Waals surface area contributed by atoms with Gasteiger partial charge in [0, 0.05) is 38.6 Å². The van der Waals surface area contributed by atoms with Gasteiger partial charge in [-0.15, -0.1) is 5.10 Å². The summed E-state index contributed by atoms with van der Waals surface area (Å²) in [7, 11) is 0. The highest BCUT2D eigenvalue weighted by atomic mass is 16.5. The van der Waals surface area contributed by atoms with Gasteiger partial charge < -0.3 is 9.64 Å². The number of nitrogens with zero attached hydrogens (tertiary/aromatic N) is 5. The molecule has 3 heterocycles. The Balaban J connectivity index is 1.39. The van der Waals surface area contributed by atoms with Crippen molar-refractivity contribution < 1.29 is 9.53 Å². The van der Waals surface area contributed by atoms with Crippen LogP contribution in [0.2, 0.25) is 0 Å². The summed E-state index contributed by atoms with van der Waals surface area (Å²) in [5.74, 6) is -0.114. The number of benzene rings is 1. The molecule has 1 unspecified atom stereocenters. The molecule has 156 valence electrons. The molecule has 0 saturated carbocycles. The van der Waals surface area contributed by atoms with Crippen LogP contribution in [0.5, 0.6) is 0 Å². The third-order valence-corrected chi connectivity index (χ3v) is 5.31. The molecule has 3 aromatic rings. The Labute approximate surface area is 176 Å². The van der Waals surface area contributed by atoms with Gasteiger partial charge in [0.25, 0.3) is 5.91 Å². The number of hydrogen-bond donors (Lipinski definition) is 0. The SMILES string of the molecule is O=C(c1cn(CCCc2ccccc2)nn1)N(Cc1ccncc1)CC1CCCO1. The summed E-state index contributed by atoms with van der Waals surface area (Å²) in [5, 5.41) is 8.32. The Morgan fingerprint density at radius 2 is 1.97 bits per heavy atom. The molecular weight excluding hydrogens is 378 g/mol. The summed E-state index contributed by atoms with van der Waals surface area (Å²) in [6.07, 6.45) is 9.25. The first-order valence-corrected chi connectivity index (χ1v) is 10.5. The van der Waals surface area contributed by atoms with Crippen molar-refractivity contribution in [1.82, 2.24) is 24.9 Å². The van der Waals surface area contributed by atoms with Gasteiger partial charge in [0.1, 0.15) is 0 Å². The Hall–Kier alpha value is -3.06. The van der Waals surface area contributed by atoms with E-state index >= 15 is 0 Å². The molecule has 0 bridgehead atoms. The fourth-order valence-electron chi connectivity index (χ4n) is 3.72. The second-order valence-corrected chi connectivity index (χ2v) is 7.63. The summed E-state index contributed by atoms with van der Waals surface area (Å²) >= 11 is 0. The molecule has 0 N–H and O–H groups in total. The van der Waals surface area contributed by atoms with Crippen molar-refractivity contribution in [3.05, 3.63) is 77.9 Å². The highest BCUT2D eigenvalue weighted by Crippen LogP contribution is 2.17. The van der Waals surface area contributed by atoms with Crippen molar-refractivity contribution >= 4 is 5.91 Å². The zero-order valence-corrected chi connectivity index (χ0v) is 17.1. The molecule has 0 spiro atoms. The van der Waals surface area contributed by atoms with Gasteiger partial charge in [-0.25, -0.2) is 0 Å². The zero-order chi connectivity index (χ0) is 20.6. The van der Waals surface area contributed by atoms with Crippen LogP contribution >= 0.6 is 0 Å². The van der Waals surface area contributed by atoms with E-state index in [1.54, 1.807) is 23.3 Å². The first kappa shape index (κ1) is 20.2. The largest absolute Gasteiger partial charge is 0.376 e. The topological polar surface area (TPSA) is 73.1 Å². The van der Waals surface area contributed by atoms with Crippen LogP contribution in [-0.2, 0) is 24.2 Å². The maximum atomic E-state index is 13.2. The normalized spacial score (nSPS) is 15.9. The number of amides is 1. The number of hydrogen-bond acceptors (Lipinski definition) is 5. The smallest absolute Gasteiger partial charge is 0.276 e. The van der Waals surface area contributed by atoms with Crippen LogP contribution in [0.25, 0.3) is 0 Å². The molecule has 1 amide bonds. The van der Waals surface area contributed by atoms with Crippen molar-refractivity contribution in [3.63, 3.8) is 0 Å². The number of pyridine rings is 1. The molecule has 1 aromatic carbocycles. The van der Waals surface area contributed by atoms with Gasteiger partial charge in [0.2, 0.25) is 0 Å². The van der Waals surface area contributed by atoms with E-state index in [4.69, 9.17) is 4.74 Å². The second kappa shape index (κ2) is 10.1. The van der Waals surface area contributed by atoms with E-state index in [9.17, 15) is 4.79 Å². The van der Waals surface area contributed by atoms with Crippen LogP contribution in [0.15, 0.2) is 61.1 Å². The Morgan fingerprint density at radius 3 is 2.73 bits per heavy atom. The minimum Gasteiger partial charge on any atom is -0.376 e. The number of aryl methyl sites for hydroxylation is 2. The first-order chi connectivity index (χ1) is 14.8. The lowest BCUT2D eigenvalue weighted by molar-refractivity contribution is 0.0502. The van der Waals surface area contributed by atoms with Crippen molar-refractivity contribution in [3.8, 4) is 0 Å². The number of aromatic nitrogens is 4. The van der Waals surface area contributed by atoms with Crippen LogP contribution in [0.4, 0.5) is 0 Å². The number of carbonyl (C=O) groups is 1. The lowest BCUT2D eigenvalue weighted by Gasteiger charge is -2.24. The lowest BCUT2D eigenvalue weighted by Crippen LogP contribution is -2.37. The average Bonchev–Trinajstić information content (AvgIpc) is 3.47. The molecule has 0 radical (unpaired) electrons. The monoisotopic (exact) mass is 405 g/mol. The third-order valence-electron chi connectivity index (χ3n) is 5.31. The fraction of sp³-hybridized carbons (Fsp3) is 0.391. The Kier molecular flexibility index (Phi) is 6.82. The van der Waals surface area contributed by atoms with Crippen LogP contribution in [-0.4, -0.2) is 50.0 Å². The van der Waals surface area contributed by atoms with Gasteiger partial charge in [0.15, 0.2) is 5.69 Å². The predicted octanol–water partition coefficient (Wildman–Crippen LogP) is 3.13. The summed E-state index contributed by atoms with van der Waals surface area (Å²) in [4.78, 5) is 19.1. The predicted molar refractivity (Wildman–Crippen MR) is 113 cm³/mol. The number of carbonyl (C=O) groups excluding carboxylic acids is 1. The Morgan fingerprint density at radius 1 is 1.13 bits per heavy atom. The van der Waals surface area contributed by atoms with Crippen molar-refractivity contribution in [2.45, 2.75) is 44.9 Å². The van der Waals surface area contributed by atoms with E-state index < -0.39 is 0 Å². The Bertz CT molecular complexity index is 923. The molecule has 1 saturated heterocycles. The van der Waals surface area contributed by atoms with Crippen molar-refractivity contribution in [2.75, 3.05) is 13.2 Å². The molecule has 1 atom stereocenters. The van der Waals surface area contributed by atoms with Crippen LogP contribution in [0.3, 0.4) is 0 Å². The summed E-state index contributed by atoms with van der Waals surface area (Å²) < 4.78 is 7.52. The van der Waals surface area contributed by atoms with Gasteiger partial charge in [-0.05, 0) is 48.9 Å². The standard InChI is InChI=1S/C23H27N5O2/c29-23(22-18-28(26-25-22)14-4-8-19-6-2-1-3-7-19)27(17-21-9-5-15-30-21)16-20-10-12-24-13-11-20/h1-3,6-7,10-13,18,21H,4-5,8-9,14-17H2. The summed E-state index contributed by atoms with van der Waals surface area (Å²) in [5.41, 5.74) is 2.71. The highest BCUT2D eigenvalue weighted by molar-refractivity contribution is 5.91. The molecule has 30 heavy (non-hydrogen) atoms. The van der Waals surface area contributed by atoms with Gasteiger partial charge in [-0.2, -0.15) is 0 Å². The van der Waals surface area contributed by atoms with E-state index in [0.717, 1.165) is 44.4 Å². The minimum atomic E-state index is -0.114. The molecule has 0 aliphatic carbocycles. The highest BCUT2D eigenvalue weighted by Gasteiger charge is 2.25. The second-order valence-electron chi connectivity index (χ2n) is 7.63. The molecular formula is C23H27N5O2. The molecule has 4 rings (SSSR count). The van der Waals surface area contributed by atoms with E-state index in [1.165, 1.54) is 5.56 Å². The van der Waals surface area contributed by atoms with Gasteiger partial charge in [-0.3, -0.25) is 14.5 Å². The van der Waals surface area contributed by atoms with Gasteiger partial charge in [-0.1, -0.05) is 35.5 Å². The molecule has 1 aliphatic rings. The average molecular weight is 406 g/mol. The number of rotatable bonds is 9. The van der Waals surface area contributed by atoms with Crippen LogP contribution in [0.1, 0.15) is 40.9 Å². The van der Waals surface area contributed by atoms with Gasteiger partial charge >= 0.3 is 0 Å². The van der Waals surface area contributed by atoms with Crippen molar-refractivity contribution in [2.24, 2.45) is 0 Å². The van der Waals surface area contributed by atoms with E-state index in [2.05, 4.69) is 27.4 Å². The molecule has 7 heteroatoms. The lowest BCUT2D eigenvalue weighted by atomic mass is 10.1.